The van der Waals surface area contributed by atoms with E-state index in [0.717, 1.165) is 0 Å². The molecule has 0 rings (SSSR count). The highest BCUT2D eigenvalue weighted by Crippen LogP contribution is 2.11. The molecule has 0 aliphatic heterocycles. The largest absolute Gasteiger partial charge is 0.480 e. The third kappa shape index (κ3) is 11.3. The average molecular weight is 544 g/mol. The van der Waals surface area contributed by atoms with Crippen molar-refractivity contribution in [2.45, 2.75) is 111 Å². The van der Waals surface area contributed by atoms with Crippen LogP contribution >= 0.6 is 0 Å². The van der Waals surface area contributed by atoms with Crippen LogP contribution < -0.4 is 27.0 Å². The summed E-state index contributed by atoms with van der Waals surface area (Å²) in [5, 5.41) is 30.4. The normalized spacial score (nSPS) is 16.4. The molecule has 38 heavy (non-hydrogen) atoms. The van der Waals surface area contributed by atoms with Gasteiger partial charge in [0.25, 0.3) is 5.91 Å². The van der Waals surface area contributed by atoms with E-state index in [2.05, 4.69) is 21.3 Å². The van der Waals surface area contributed by atoms with E-state index in [0.29, 0.717) is 0 Å². The van der Waals surface area contributed by atoms with Gasteiger partial charge in [-0.25, -0.2) is 4.79 Å². The van der Waals surface area contributed by atoms with Crippen molar-refractivity contribution in [3.63, 3.8) is 0 Å². The molecule has 12 heteroatoms. The Bertz CT molecular complexity index is 816. The Morgan fingerprint density at radius 3 is 1.58 bits per heavy atom. The summed E-state index contributed by atoms with van der Waals surface area (Å²) in [5.74, 6) is -4.68. The molecule has 0 bridgehead atoms. The van der Waals surface area contributed by atoms with Crippen LogP contribution in [0.3, 0.4) is 0 Å². The molecule has 0 unspecified atom stereocenters. The molecule has 0 aliphatic rings. The van der Waals surface area contributed by atoms with Crippen LogP contribution in [0, 0.1) is 23.7 Å². The van der Waals surface area contributed by atoms with Gasteiger partial charge < -0.3 is 37.2 Å². The third-order valence-corrected chi connectivity index (χ3v) is 6.26. The molecule has 0 aromatic heterocycles. The molecule has 8 N–H and O–H groups in total. The Labute approximate surface area is 226 Å². The summed E-state index contributed by atoms with van der Waals surface area (Å²) < 4.78 is 0. The first-order valence-electron chi connectivity index (χ1n) is 13.3. The fourth-order valence-electron chi connectivity index (χ4n) is 3.67. The van der Waals surface area contributed by atoms with E-state index in [-0.39, 0.29) is 36.5 Å². The van der Waals surface area contributed by atoms with Crippen LogP contribution in [0.1, 0.15) is 75.2 Å². The molecule has 220 valence electrons. The average Bonchev–Trinajstić information content (AvgIpc) is 2.81. The van der Waals surface area contributed by atoms with E-state index in [1.807, 2.05) is 13.8 Å². The molecule has 0 spiro atoms. The van der Waals surface area contributed by atoms with Crippen molar-refractivity contribution < 1.29 is 34.2 Å². The lowest BCUT2D eigenvalue weighted by atomic mass is 9.98. The first kappa shape index (κ1) is 35.3. The summed E-state index contributed by atoms with van der Waals surface area (Å²) >= 11 is 0. The second kappa shape index (κ2) is 16.3. The van der Waals surface area contributed by atoms with Crippen LogP contribution in [0.4, 0.5) is 0 Å². The van der Waals surface area contributed by atoms with Crippen molar-refractivity contribution in [1.29, 1.82) is 0 Å². The molecular formula is C26H49N5O7. The monoisotopic (exact) mass is 543 g/mol. The molecule has 4 amide bonds. The van der Waals surface area contributed by atoms with Crippen LogP contribution in [0.2, 0.25) is 0 Å². The van der Waals surface area contributed by atoms with Gasteiger partial charge in [-0.2, -0.15) is 0 Å². The number of aliphatic hydroxyl groups is 1. The van der Waals surface area contributed by atoms with E-state index in [1.165, 1.54) is 0 Å². The number of hydrogen-bond acceptors (Lipinski definition) is 7. The minimum atomic E-state index is -1.70. The SMILES string of the molecule is CC[C@H](NC(=O)[C@@H](NC(=O)[C@@H](N)C(C)C)C(C)C)[C@H](O)C(=O)N[C@H](CC(C)C)C(=O)N[C@H](C(=O)O)C(C)C. The molecule has 0 fully saturated rings. The maximum atomic E-state index is 13.0. The number of rotatable bonds is 16. The van der Waals surface area contributed by atoms with E-state index in [9.17, 15) is 34.2 Å². The molecule has 0 saturated heterocycles. The van der Waals surface area contributed by atoms with Gasteiger partial charge in [0.15, 0.2) is 6.10 Å². The maximum absolute atomic E-state index is 13.0. The number of nitrogens with two attached hydrogens (primary N) is 1. The van der Waals surface area contributed by atoms with Gasteiger partial charge >= 0.3 is 5.97 Å². The molecule has 0 saturated carbocycles. The van der Waals surface area contributed by atoms with E-state index in [1.54, 1.807) is 48.5 Å². The second-order valence-corrected chi connectivity index (χ2v) is 11.2. The third-order valence-electron chi connectivity index (χ3n) is 6.26. The molecule has 0 aromatic rings. The van der Waals surface area contributed by atoms with Crippen molar-refractivity contribution in [3.05, 3.63) is 0 Å². The first-order chi connectivity index (χ1) is 17.4. The van der Waals surface area contributed by atoms with Crippen LogP contribution in [0.15, 0.2) is 0 Å². The number of carboxylic acids is 1. The van der Waals surface area contributed by atoms with Gasteiger partial charge in [0, 0.05) is 0 Å². The molecule has 12 nitrogen and oxygen atoms in total. The smallest absolute Gasteiger partial charge is 0.326 e. The molecule has 0 aromatic carbocycles. The minimum absolute atomic E-state index is 0.0279. The fourth-order valence-corrected chi connectivity index (χ4v) is 3.67. The summed E-state index contributed by atoms with van der Waals surface area (Å²) in [6, 6.07) is -4.99. The number of amides is 4. The number of aliphatic hydroxyl groups excluding tert-OH is 1. The lowest BCUT2D eigenvalue weighted by Crippen LogP contribution is -2.60. The topological polar surface area (TPSA) is 200 Å². The Kier molecular flexibility index (Phi) is 15.1. The van der Waals surface area contributed by atoms with Gasteiger partial charge in [-0.3, -0.25) is 19.2 Å². The Morgan fingerprint density at radius 2 is 1.18 bits per heavy atom. The Morgan fingerprint density at radius 1 is 0.684 bits per heavy atom. The Hall–Kier alpha value is -2.73. The predicted molar refractivity (Wildman–Crippen MR) is 144 cm³/mol. The zero-order chi connectivity index (χ0) is 29.9. The summed E-state index contributed by atoms with van der Waals surface area (Å²) in [6.07, 6.45) is -1.32. The van der Waals surface area contributed by atoms with Crippen LogP contribution in [-0.4, -0.2) is 76.1 Å². The Balaban J connectivity index is 5.57. The standard InChI is InChI=1S/C26H49N5O7/c1-10-16(28-24(35)19(14(6)7)30-23(34)18(27)13(4)5)21(32)25(36)29-17(11-12(2)3)22(33)31-20(15(8)9)26(37)38/h12-21,32H,10-11,27H2,1-9H3,(H,28,35)(H,29,36)(H,30,34)(H,31,33)(H,37,38)/t16-,17+,18-,19-,20-,21-/m0/s1. The van der Waals surface area contributed by atoms with Crippen molar-refractivity contribution in [2.75, 3.05) is 0 Å². The summed E-state index contributed by atoms with van der Waals surface area (Å²) in [7, 11) is 0. The summed E-state index contributed by atoms with van der Waals surface area (Å²) in [6.45, 7) is 15.7. The van der Waals surface area contributed by atoms with Gasteiger partial charge in [-0.05, 0) is 36.5 Å². The van der Waals surface area contributed by atoms with Gasteiger partial charge in [-0.1, -0.05) is 62.3 Å². The van der Waals surface area contributed by atoms with E-state index < -0.39 is 65.9 Å². The van der Waals surface area contributed by atoms with E-state index >= 15 is 0 Å². The molecule has 6 atom stereocenters. The number of nitrogens with one attached hydrogen (secondary N) is 4. The van der Waals surface area contributed by atoms with E-state index in [4.69, 9.17) is 5.73 Å². The number of carboxylic acid groups (broad SMARTS) is 1. The van der Waals surface area contributed by atoms with Crippen molar-refractivity contribution in [3.8, 4) is 0 Å². The van der Waals surface area contributed by atoms with Crippen LogP contribution in [0.5, 0.6) is 0 Å². The van der Waals surface area contributed by atoms with Crippen LogP contribution in [0.25, 0.3) is 0 Å². The van der Waals surface area contributed by atoms with Gasteiger partial charge in [0.05, 0.1) is 12.1 Å². The molecule has 0 radical (unpaired) electrons. The number of carbonyl (C=O) groups is 5. The lowest BCUT2D eigenvalue weighted by molar-refractivity contribution is -0.144. The summed E-state index contributed by atoms with van der Waals surface area (Å²) in [4.78, 5) is 62.7. The highest BCUT2D eigenvalue weighted by Gasteiger charge is 2.35. The number of hydrogen-bond donors (Lipinski definition) is 7. The molecular weight excluding hydrogens is 494 g/mol. The lowest BCUT2D eigenvalue weighted by Gasteiger charge is -2.29. The van der Waals surface area contributed by atoms with Crippen molar-refractivity contribution in [2.24, 2.45) is 29.4 Å². The van der Waals surface area contributed by atoms with Crippen molar-refractivity contribution in [1.82, 2.24) is 21.3 Å². The second-order valence-electron chi connectivity index (χ2n) is 11.2. The van der Waals surface area contributed by atoms with Gasteiger partial charge in [0.2, 0.25) is 17.7 Å². The molecule has 0 heterocycles. The van der Waals surface area contributed by atoms with Gasteiger partial charge in [0.1, 0.15) is 18.1 Å². The number of carbonyl (C=O) groups excluding carboxylic acids is 4. The van der Waals surface area contributed by atoms with Crippen LogP contribution in [-0.2, 0) is 24.0 Å². The highest BCUT2D eigenvalue weighted by molar-refractivity contribution is 5.93. The number of aliphatic carboxylic acids is 1. The maximum Gasteiger partial charge on any atom is 0.326 e. The minimum Gasteiger partial charge on any atom is -0.480 e. The first-order valence-corrected chi connectivity index (χ1v) is 13.3. The molecule has 0 aliphatic carbocycles. The summed E-state index contributed by atoms with van der Waals surface area (Å²) in [5.41, 5.74) is 5.89. The predicted octanol–water partition coefficient (Wildman–Crippen LogP) is 0.123. The highest BCUT2D eigenvalue weighted by atomic mass is 16.4. The quantitative estimate of drug-likeness (QED) is 0.142. The zero-order valence-corrected chi connectivity index (χ0v) is 24.2. The van der Waals surface area contributed by atoms with Crippen molar-refractivity contribution >= 4 is 29.6 Å². The van der Waals surface area contributed by atoms with Gasteiger partial charge in [-0.15, -0.1) is 0 Å². The fraction of sp³-hybridized carbons (Fsp3) is 0.808. The zero-order valence-electron chi connectivity index (χ0n) is 24.2.